The van der Waals surface area contributed by atoms with Gasteiger partial charge in [-0.25, -0.2) is 0 Å². The fraction of sp³-hybridized carbons (Fsp3) is 0.458. The Bertz CT molecular complexity index is 1030. The quantitative estimate of drug-likeness (QED) is 0.768. The summed E-state index contributed by atoms with van der Waals surface area (Å²) in [5, 5.41) is 6.90. The average molecular weight is 439 g/mol. The number of para-hydroxylation sites is 1. The van der Waals surface area contributed by atoms with Crippen LogP contribution in [-0.2, 0) is 10.2 Å². The van der Waals surface area contributed by atoms with Gasteiger partial charge in [0, 0.05) is 37.6 Å². The smallest absolute Gasteiger partial charge is 0.253 e. The lowest BCUT2D eigenvalue weighted by Gasteiger charge is -2.38. The number of aromatic nitrogens is 1. The second-order valence-corrected chi connectivity index (χ2v) is 9.53. The molecule has 3 aliphatic rings. The molecule has 162 valence electrons. The largest absolute Gasteiger partial charge is 0.349 e. The number of pyridine rings is 1. The molecule has 1 aliphatic carbocycles. The van der Waals surface area contributed by atoms with E-state index in [1.807, 2.05) is 24.0 Å². The highest BCUT2D eigenvalue weighted by atomic mass is 35.5. The van der Waals surface area contributed by atoms with E-state index in [0.717, 1.165) is 51.0 Å². The molecule has 2 amide bonds. The maximum absolute atomic E-state index is 13.3. The highest BCUT2D eigenvalue weighted by Gasteiger charge is 2.54. The van der Waals surface area contributed by atoms with Crippen LogP contribution in [0.2, 0.25) is 5.02 Å². The minimum absolute atomic E-state index is 0.112. The van der Waals surface area contributed by atoms with Gasteiger partial charge in [0.1, 0.15) is 5.41 Å². The second kappa shape index (κ2) is 7.92. The normalized spacial score (nSPS) is 24.1. The molecule has 2 N–H and O–H groups in total. The third-order valence-corrected chi connectivity index (χ3v) is 7.35. The van der Waals surface area contributed by atoms with Crippen LogP contribution in [0.25, 0.3) is 0 Å². The molecule has 3 heterocycles. The van der Waals surface area contributed by atoms with Gasteiger partial charge < -0.3 is 15.5 Å². The Morgan fingerprint density at radius 1 is 1.26 bits per heavy atom. The van der Waals surface area contributed by atoms with Crippen molar-refractivity contribution in [3.05, 3.63) is 58.4 Å². The molecule has 0 unspecified atom stereocenters. The summed E-state index contributed by atoms with van der Waals surface area (Å²) in [4.78, 5) is 32.1. The number of carbonyl (C=O) groups is 2. The average Bonchev–Trinajstić information content (AvgIpc) is 2.99. The fourth-order valence-electron chi connectivity index (χ4n) is 5.24. The highest BCUT2D eigenvalue weighted by Crippen LogP contribution is 2.45. The van der Waals surface area contributed by atoms with E-state index < -0.39 is 0 Å². The molecule has 2 fully saturated rings. The molecule has 1 saturated heterocycles. The Kier molecular flexibility index (Phi) is 5.22. The summed E-state index contributed by atoms with van der Waals surface area (Å²) in [6, 6.07) is 10.0. The maximum atomic E-state index is 13.3. The molecule has 2 aliphatic heterocycles. The van der Waals surface area contributed by atoms with Gasteiger partial charge in [0.05, 0.1) is 16.3 Å². The lowest BCUT2D eigenvalue weighted by molar-refractivity contribution is -0.125. The molecule has 0 radical (unpaired) electrons. The summed E-state index contributed by atoms with van der Waals surface area (Å²) < 4.78 is 0. The monoisotopic (exact) mass is 438 g/mol. The summed E-state index contributed by atoms with van der Waals surface area (Å²) in [5.41, 5.74) is 3.11. The summed E-state index contributed by atoms with van der Waals surface area (Å²) in [6.07, 6.45) is 5.38. The van der Waals surface area contributed by atoms with Crippen LogP contribution >= 0.6 is 11.6 Å². The molecule has 0 atom stereocenters. The van der Waals surface area contributed by atoms with Crippen molar-refractivity contribution >= 4 is 29.1 Å². The van der Waals surface area contributed by atoms with Crippen LogP contribution in [0.15, 0.2) is 36.5 Å². The van der Waals surface area contributed by atoms with Gasteiger partial charge in [-0.15, -0.1) is 0 Å². The van der Waals surface area contributed by atoms with Crippen LogP contribution in [-0.4, -0.2) is 42.5 Å². The Labute approximate surface area is 187 Å². The molecule has 2 aromatic rings. The molecule has 1 aromatic carbocycles. The molecule has 1 spiro atoms. The van der Waals surface area contributed by atoms with Gasteiger partial charge >= 0.3 is 0 Å². The Hall–Kier alpha value is -2.44. The summed E-state index contributed by atoms with van der Waals surface area (Å²) >= 11 is 6.01. The topological polar surface area (TPSA) is 74.3 Å². The van der Waals surface area contributed by atoms with Crippen molar-refractivity contribution in [1.82, 2.24) is 15.6 Å². The minimum Gasteiger partial charge on any atom is -0.349 e. The second-order valence-electron chi connectivity index (χ2n) is 9.10. The van der Waals surface area contributed by atoms with Gasteiger partial charge in [0.25, 0.3) is 5.91 Å². The van der Waals surface area contributed by atoms with Crippen LogP contribution in [0, 0.1) is 12.8 Å². The number of nitrogens with one attached hydrogen (secondary N) is 2. The summed E-state index contributed by atoms with van der Waals surface area (Å²) in [6.45, 7) is 4.04. The number of halogens is 1. The van der Waals surface area contributed by atoms with Crippen LogP contribution in [0.3, 0.4) is 0 Å². The number of benzene rings is 1. The number of anilines is 1. The van der Waals surface area contributed by atoms with Gasteiger partial charge in [0.2, 0.25) is 5.91 Å². The molecule has 1 saturated carbocycles. The van der Waals surface area contributed by atoms with Crippen LogP contribution in [0.1, 0.15) is 47.3 Å². The molecular formula is C24H27ClN4O2. The number of fused-ring (bicyclic) bond motifs is 2. The van der Waals surface area contributed by atoms with Crippen molar-refractivity contribution in [1.29, 1.82) is 0 Å². The summed E-state index contributed by atoms with van der Waals surface area (Å²) in [5.74, 6) is 0.578. The number of rotatable bonds is 4. The van der Waals surface area contributed by atoms with Gasteiger partial charge in [-0.3, -0.25) is 14.6 Å². The van der Waals surface area contributed by atoms with Crippen LogP contribution in [0.5, 0.6) is 0 Å². The number of carbonyl (C=O) groups excluding carboxylic acids is 2. The lowest BCUT2D eigenvalue weighted by atomic mass is 9.76. The van der Waals surface area contributed by atoms with E-state index in [9.17, 15) is 9.59 Å². The molecule has 6 nitrogen and oxygen atoms in total. The third-order valence-electron chi connectivity index (χ3n) is 7.14. The van der Waals surface area contributed by atoms with Gasteiger partial charge in [-0.05, 0) is 56.2 Å². The van der Waals surface area contributed by atoms with Crippen molar-refractivity contribution in [2.45, 2.75) is 44.1 Å². The van der Waals surface area contributed by atoms with Crippen molar-refractivity contribution in [2.24, 2.45) is 5.92 Å². The minimum atomic E-state index is -0.357. The zero-order valence-electron chi connectivity index (χ0n) is 17.7. The first-order chi connectivity index (χ1) is 15.0. The molecule has 0 bridgehead atoms. The number of amides is 2. The predicted octanol–water partition coefficient (Wildman–Crippen LogP) is 3.22. The molecular weight excluding hydrogens is 412 g/mol. The van der Waals surface area contributed by atoms with E-state index in [1.165, 1.54) is 5.56 Å². The molecule has 5 rings (SSSR count). The number of hydrogen-bond donors (Lipinski definition) is 2. The van der Waals surface area contributed by atoms with Gasteiger partial charge in [-0.1, -0.05) is 29.8 Å². The molecule has 7 heteroatoms. The highest BCUT2D eigenvalue weighted by molar-refractivity contribution is 6.30. The van der Waals surface area contributed by atoms with E-state index in [2.05, 4.69) is 27.8 Å². The van der Waals surface area contributed by atoms with E-state index >= 15 is 0 Å². The van der Waals surface area contributed by atoms with Crippen molar-refractivity contribution in [2.75, 3.05) is 24.5 Å². The zero-order chi connectivity index (χ0) is 21.6. The van der Waals surface area contributed by atoms with Crippen molar-refractivity contribution in [3.8, 4) is 0 Å². The van der Waals surface area contributed by atoms with E-state index in [1.54, 1.807) is 12.3 Å². The number of nitrogens with zero attached hydrogens (tertiary/aromatic N) is 2. The molecule has 31 heavy (non-hydrogen) atoms. The molecule has 1 aromatic heterocycles. The van der Waals surface area contributed by atoms with Crippen molar-refractivity contribution in [3.63, 3.8) is 0 Å². The zero-order valence-corrected chi connectivity index (χ0v) is 18.4. The SMILES string of the molecule is Cc1ncc(Cl)cc1C(=O)N[C@H]1CC[C@H](CN2C(=O)C3(CNC3)c3ccccc32)CC1. The Morgan fingerprint density at radius 3 is 2.71 bits per heavy atom. The van der Waals surface area contributed by atoms with E-state index in [4.69, 9.17) is 11.6 Å². The standard InChI is InChI=1S/C24H27ClN4O2/c1-15-19(10-17(25)11-27-15)22(30)28-18-8-6-16(7-9-18)12-29-21-5-3-2-4-20(21)24(23(29)31)13-26-14-24/h2-5,10-11,16,18,26H,6-9,12-14H2,1H3,(H,28,30)/t16-,18-. The van der Waals surface area contributed by atoms with E-state index in [0.29, 0.717) is 22.2 Å². The third kappa shape index (κ3) is 3.52. The first-order valence-electron chi connectivity index (χ1n) is 11.0. The van der Waals surface area contributed by atoms with E-state index in [-0.39, 0.29) is 23.3 Å². The lowest BCUT2D eigenvalue weighted by Crippen LogP contribution is -2.62. The maximum Gasteiger partial charge on any atom is 0.253 e. The number of aryl methyl sites for hydroxylation is 1. The first-order valence-corrected chi connectivity index (χ1v) is 11.4. The predicted molar refractivity (Wildman–Crippen MR) is 121 cm³/mol. The Balaban J connectivity index is 1.20. The fourth-order valence-corrected chi connectivity index (χ4v) is 5.40. The summed E-state index contributed by atoms with van der Waals surface area (Å²) in [7, 11) is 0. The number of hydrogen-bond acceptors (Lipinski definition) is 4. The van der Waals surface area contributed by atoms with Gasteiger partial charge in [0.15, 0.2) is 0 Å². The van der Waals surface area contributed by atoms with Gasteiger partial charge in [-0.2, -0.15) is 0 Å². The first kappa shape index (κ1) is 20.5. The van der Waals surface area contributed by atoms with Crippen molar-refractivity contribution < 1.29 is 9.59 Å². The van der Waals surface area contributed by atoms with Crippen LogP contribution in [0.4, 0.5) is 5.69 Å². The van der Waals surface area contributed by atoms with Crippen LogP contribution < -0.4 is 15.5 Å². The Morgan fingerprint density at radius 2 is 2.00 bits per heavy atom.